The highest BCUT2D eigenvalue weighted by molar-refractivity contribution is 9.10. The second kappa shape index (κ2) is 7.50. The highest BCUT2D eigenvalue weighted by atomic mass is 79.9. The number of Topliss-reactive ketones (excluding diaryl/α,β-unsaturated/α-hetero) is 1. The number of pyridine rings is 1. The first-order chi connectivity index (χ1) is 12.5. The number of hydrogen-bond acceptors (Lipinski definition) is 4. The molecular weight excluding hydrogens is 396 g/mol. The Morgan fingerprint density at radius 1 is 1.31 bits per heavy atom. The van der Waals surface area contributed by atoms with E-state index in [1.807, 2.05) is 43.3 Å². The fraction of sp³-hybridized carbons (Fsp3) is 0.158. The number of ketones is 1. The summed E-state index contributed by atoms with van der Waals surface area (Å²) in [7, 11) is 0. The Labute approximate surface area is 158 Å². The van der Waals surface area contributed by atoms with Crippen LogP contribution >= 0.6 is 15.9 Å². The summed E-state index contributed by atoms with van der Waals surface area (Å²) >= 11 is 3.23. The molecule has 6 nitrogen and oxygen atoms in total. The van der Waals surface area contributed by atoms with Gasteiger partial charge in [-0.3, -0.25) is 14.3 Å². The van der Waals surface area contributed by atoms with Gasteiger partial charge in [-0.1, -0.05) is 30.3 Å². The zero-order valence-electron chi connectivity index (χ0n) is 14.0. The lowest BCUT2D eigenvalue weighted by Crippen LogP contribution is -2.24. The molecule has 0 saturated carbocycles. The highest BCUT2D eigenvalue weighted by Crippen LogP contribution is 2.15. The summed E-state index contributed by atoms with van der Waals surface area (Å²) < 4.78 is 3.52. The van der Waals surface area contributed by atoms with Crippen LogP contribution in [0, 0.1) is 18.3 Å². The van der Waals surface area contributed by atoms with Crippen LogP contribution in [0.5, 0.6) is 0 Å². The minimum absolute atomic E-state index is 0.110. The third-order valence-corrected chi connectivity index (χ3v) is 4.72. The molecule has 0 aliphatic heterocycles. The molecule has 0 aliphatic carbocycles. The van der Waals surface area contributed by atoms with Gasteiger partial charge in [-0.2, -0.15) is 10.4 Å². The molecule has 3 rings (SSSR count). The van der Waals surface area contributed by atoms with Crippen molar-refractivity contribution >= 4 is 21.7 Å². The summed E-state index contributed by atoms with van der Waals surface area (Å²) in [5.41, 5.74) is 2.16. The number of nitriles is 1. The van der Waals surface area contributed by atoms with Gasteiger partial charge < -0.3 is 4.57 Å². The molecule has 0 radical (unpaired) electrons. The second-order valence-electron chi connectivity index (χ2n) is 5.82. The van der Waals surface area contributed by atoms with Crippen LogP contribution in [0.2, 0.25) is 0 Å². The van der Waals surface area contributed by atoms with Gasteiger partial charge in [0.25, 0.3) is 5.56 Å². The van der Waals surface area contributed by atoms with Crippen molar-refractivity contribution in [3.05, 3.63) is 86.0 Å². The zero-order chi connectivity index (χ0) is 18.7. The monoisotopic (exact) mass is 410 g/mol. The van der Waals surface area contributed by atoms with E-state index in [0.29, 0.717) is 16.6 Å². The van der Waals surface area contributed by atoms with Crippen LogP contribution < -0.4 is 5.56 Å². The molecule has 0 saturated heterocycles. The largest absolute Gasteiger partial charge is 0.307 e. The molecule has 0 N–H and O–H groups in total. The molecular formula is C19H15BrN4O2. The van der Waals surface area contributed by atoms with E-state index in [0.717, 1.165) is 11.3 Å². The van der Waals surface area contributed by atoms with Gasteiger partial charge in [0.1, 0.15) is 6.07 Å². The predicted molar refractivity (Wildman–Crippen MR) is 100.0 cm³/mol. The predicted octanol–water partition coefficient (Wildman–Crippen LogP) is 2.92. The Bertz CT molecular complexity index is 1060. The SMILES string of the molecule is Cc1c(C(=O)Cn2cc(Br)c(C#N)cc2=O)cnn1Cc1ccccc1. The Hall–Kier alpha value is -2.98. The number of halogens is 1. The quantitative estimate of drug-likeness (QED) is 0.605. The Balaban J connectivity index is 1.82. The number of hydrogen-bond donors (Lipinski definition) is 0. The average molecular weight is 411 g/mol. The van der Waals surface area contributed by atoms with E-state index in [4.69, 9.17) is 5.26 Å². The van der Waals surface area contributed by atoms with Crippen LogP contribution in [0.25, 0.3) is 0 Å². The van der Waals surface area contributed by atoms with Crippen molar-refractivity contribution in [2.75, 3.05) is 0 Å². The number of nitrogens with zero attached hydrogens (tertiary/aromatic N) is 4. The summed E-state index contributed by atoms with van der Waals surface area (Å²) in [6.45, 7) is 2.30. The molecule has 130 valence electrons. The van der Waals surface area contributed by atoms with Gasteiger partial charge in [0.15, 0.2) is 5.78 Å². The first-order valence-corrected chi connectivity index (χ1v) is 8.68. The lowest BCUT2D eigenvalue weighted by molar-refractivity contribution is 0.0970. The van der Waals surface area contributed by atoms with Crippen molar-refractivity contribution in [3.8, 4) is 6.07 Å². The molecule has 0 bridgehead atoms. The smallest absolute Gasteiger partial charge is 0.252 e. The first kappa shape index (κ1) is 17.8. The number of benzene rings is 1. The minimum atomic E-state index is -0.396. The van der Waals surface area contributed by atoms with Crippen LogP contribution in [0.15, 0.2) is 58.1 Å². The van der Waals surface area contributed by atoms with Gasteiger partial charge in [0.2, 0.25) is 0 Å². The molecule has 1 aromatic carbocycles. The van der Waals surface area contributed by atoms with Crippen LogP contribution in [0.4, 0.5) is 0 Å². The molecule has 0 fully saturated rings. The Morgan fingerprint density at radius 2 is 2.04 bits per heavy atom. The lowest BCUT2D eigenvalue weighted by Gasteiger charge is -2.07. The maximum atomic E-state index is 12.6. The van der Waals surface area contributed by atoms with E-state index in [2.05, 4.69) is 21.0 Å². The van der Waals surface area contributed by atoms with Crippen molar-refractivity contribution < 1.29 is 4.79 Å². The lowest BCUT2D eigenvalue weighted by atomic mass is 10.1. The highest BCUT2D eigenvalue weighted by Gasteiger charge is 2.16. The summed E-state index contributed by atoms with van der Waals surface area (Å²) in [5, 5.41) is 13.2. The Morgan fingerprint density at radius 3 is 2.73 bits per heavy atom. The van der Waals surface area contributed by atoms with Gasteiger partial charge >= 0.3 is 0 Å². The molecule has 0 unspecified atom stereocenters. The molecule has 7 heteroatoms. The number of carbonyl (C=O) groups is 1. The fourth-order valence-electron chi connectivity index (χ4n) is 2.63. The summed E-state index contributed by atoms with van der Waals surface area (Å²) in [5.74, 6) is -0.208. The number of carbonyl (C=O) groups excluding carboxylic acids is 1. The standard InChI is InChI=1S/C19H15BrN4O2/c1-13-16(9-22-24(13)10-14-5-3-2-4-6-14)18(25)12-23-11-17(20)15(8-21)7-19(23)26/h2-7,9,11H,10,12H2,1H3. The van der Waals surface area contributed by atoms with Crippen molar-refractivity contribution in [2.24, 2.45) is 0 Å². The van der Waals surface area contributed by atoms with Crippen molar-refractivity contribution in [1.29, 1.82) is 5.26 Å². The zero-order valence-corrected chi connectivity index (χ0v) is 15.6. The molecule has 26 heavy (non-hydrogen) atoms. The Kier molecular flexibility index (Phi) is 5.14. The molecule has 0 spiro atoms. The van der Waals surface area contributed by atoms with Crippen LogP contribution in [-0.2, 0) is 13.1 Å². The van der Waals surface area contributed by atoms with E-state index >= 15 is 0 Å². The molecule has 0 aliphatic rings. The summed E-state index contributed by atoms with van der Waals surface area (Å²) in [4.78, 5) is 24.7. The van der Waals surface area contributed by atoms with Crippen LogP contribution in [0.3, 0.4) is 0 Å². The number of aromatic nitrogens is 3. The van der Waals surface area contributed by atoms with Crippen molar-refractivity contribution in [2.45, 2.75) is 20.0 Å². The molecule has 3 aromatic rings. The van der Waals surface area contributed by atoms with E-state index in [1.165, 1.54) is 23.0 Å². The number of rotatable bonds is 5. The van der Waals surface area contributed by atoms with E-state index in [9.17, 15) is 9.59 Å². The van der Waals surface area contributed by atoms with Gasteiger partial charge in [0, 0.05) is 18.0 Å². The summed E-state index contributed by atoms with van der Waals surface area (Å²) in [6.07, 6.45) is 2.99. The maximum absolute atomic E-state index is 12.6. The summed E-state index contributed by atoms with van der Waals surface area (Å²) in [6, 6.07) is 13.0. The normalized spacial score (nSPS) is 10.5. The molecule has 0 amide bonds. The maximum Gasteiger partial charge on any atom is 0.252 e. The third-order valence-electron chi connectivity index (χ3n) is 4.09. The fourth-order valence-corrected chi connectivity index (χ4v) is 3.08. The molecule has 2 aromatic heterocycles. The molecule has 0 atom stereocenters. The third kappa shape index (κ3) is 3.65. The topological polar surface area (TPSA) is 80.7 Å². The van der Waals surface area contributed by atoms with E-state index in [1.54, 1.807) is 4.68 Å². The van der Waals surface area contributed by atoms with Gasteiger partial charge in [0.05, 0.1) is 34.9 Å². The molecule has 2 heterocycles. The van der Waals surface area contributed by atoms with Gasteiger partial charge in [-0.05, 0) is 28.4 Å². The van der Waals surface area contributed by atoms with Gasteiger partial charge in [-0.25, -0.2) is 0 Å². The first-order valence-electron chi connectivity index (χ1n) is 7.89. The van der Waals surface area contributed by atoms with Crippen LogP contribution in [-0.4, -0.2) is 20.1 Å². The van der Waals surface area contributed by atoms with Crippen molar-refractivity contribution in [3.63, 3.8) is 0 Å². The van der Waals surface area contributed by atoms with E-state index in [-0.39, 0.29) is 17.9 Å². The minimum Gasteiger partial charge on any atom is -0.307 e. The van der Waals surface area contributed by atoms with Crippen LogP contribution in [0.1, 0.15) is 27.2 Å². The second-order valence-corrected chi connectivity index (χ2v) is 6.68. The van der Waals surface area contributed by atoms with Crippen molar-refractivity contribution in [1.82, 2.24) is 14.3 Å². The average Bonchev–Trinajstić information content (AvgIpc) is 2.99. The van der Waals surface area contributed by atoms with E-state index < -0.39 is 5.56 Å². The van der Waals surface area contributed by atoms with Gasteiger partial charge in [-0.15, -0.1) is 0 Å².